The molecule has 0 fully saturated rings. The number of carbonyl (C=O) groups is 2. The summed E-state index contributed by atoms with van der Waals surface area (Å²) in [6.45, 7) is 3.60. The van der Waals surface area contributed by atoms with Gasteiger partial charge in [0.2, 0.25) is 0 Å². The standard InChI is InChI=1S/C13H16N2O6/c1-3-20-12(16)8-9(2)14-13(17)21-11-6-4-10(5-7-11)15(18)19/h4-7,9H,3,8H2,1-2H3,(H,14,17)/t9-/m1/s1. The molecule has 0 bridgehead atoms. The lowest BCUT2D eigenvalue weighted by Crippen LogP contribution is -2.36. The van der Waals surface area contributed by atoms with Crippen molar-refractivity contribution in [3.05, 3.63) is 34.4 Å². The summed E-state index contributed by atoms with van der Waals surface area (Å²) in [5, 5.41) is 12.9. The van der Waals surface area contributed by atoms with E-state index in [0.29, 0.717) is 0 Å². The van der Waals surface area contributed by atoms with Gasteiger partial charge >= 0.3 is 12.1 Å². The van der Waals surface area contributed by atoms with Gasteiger partial charge < -0.3 is 14.8 Å². The molecule has 0 heterocycles. The van der Waals surface area contributed by atoms with E-state index in [-0.39, 0.29) is 24.5 Å². The van der Waals surface area contributed by atoms with Gasteiger partial charge in [-0.25, -0.2) is 4.79 Å². The molecule has 0 unspecified atom stereocenters. The molecular formula is C13H16N2O6. The maximum atomic E-state index is 11.6. The van der Waals surface area contributed by atoms with Crippen LogP contribution in [0.15, 0.2) is 24.3 Å². The van der Waals surface area contributed by atoms with E-state index in [1.54, 1.807) is 13.8 Å². The maximum absolute atomic E-state index is 11.6. The lowest BCUT2D eigenvalue weighted by molar-refractivity contribution is -0.384. The lowest BCUT2D eigenvalue weighted by Gasteiger charge is -2.12. The van der Waals surface area contributed by atoms with Crippen LogP contribution in [-0.4, -0.2) is 29.6 Å². The van der Waals surface area contributed by atoms with Gasteiger partial charge in [-0.05, 0) is 26.0 Å². The van der Waals surface area contributed by atoms with Crippen molar-refractivity contribution >= 4 is 17.7 Å². The van der Waals surface area contributed by atoms with Crippen LogP contribution in [0.2, 0.25) is 0 Å². The van der Waals surface area contributed by atoms with Gasteiger partial charge in [0.15, 0.2) is 0 Å². The molecular weight excluding hydrogens is 280 g/mol. The number of ether oxygens (including phenoxy) is 2. The Morgan fingerprint density at radius 3 is 2.48 bits per heavy atom. The highest BCUT2D eigenvalue weighted by Gasteiger charge is 2.14. The number of carbonyl (C=O) groups excluding carboxylic acids is 2. The number of benzene rings is 1. The molecule has 8 heteroatoms. The van der Waals surface area contributed by atoms with Gasteiger partial charge in [0.25, 0.3) is 5.69 Å². The van der Waals surface area contributed by atoms with Crippen molar-refractivity contribution in [1.29, 1.82) is 0 Å². The van der Waals surface area contributed by atoms with E-state index in [0.717, 1.165) is 0 Å². The molecule has 1 atom stereocenters. The second kappa shape index (κ2) is 7.83. The number of hydrogen-bond donors (Lipinski definition) is 1. The van der Waals surface area contributed by atoms with E-state index in [1.165, 1.54) is 24.3 Å². The second-order valence-electron chi connectivity index (χ2n) is 4.20. The lowest BCUT2D eigenvalue weighted by atomic mass is 10.2. The first-order valence-electron chi connectivity index (χ1n) is 6.30. The van der Waals surface area contributed by atoms with Crippen LogP contribution in [0.1, 0.15) is 20.3 Å². The van der Waals surface area contributed by atoms with Crippen LogP contribution >= 0.6 is 0 Å². The van der Waals surface area contributed by atoms with Crippen molar-refractivity contribution in [2.24, 2.45) is 0 Å². The van der Waals surface area contributed by atoms with Crippen LogP contribution in [-0.2, 0) is 9.53 Å². The van der Waals surface area contributed by atoms with Gasteiger partial charge in [-0.2, -0.15) is 0 Å². The Hall–Kier alpha value is -2.64. The van der Waals surface area contributed by atoms with Gasteiger partial charge in [-0.15, -0.1) is 0 Å². The fraction of sp³-hybridized carbons (Fsp3) is 0.385. The quantitative estimate of drug-likeness (QED) is 0.489. The first-order chi connectivity index (χ1) is 9.92. The summed E-state index contributed by atoms with van der Waals surface area (Å²) in [6.07, 6.45) is -0.718. The second-order valence-corrected chi connectivity index (χ2v) is 4.20. The minimum absolute atomic E-state index is 0.0310. The number of esters is 1. The molecule has 21 heavy (non-hydrogen) atoms. The summed E-state index contributed by atoms with van der Waals surface area (Å²) in [6, 6.07) is 4.63. The number of nitro benzene ring substituents is 1. The van der Waals surface area contributed by atoms with Crippen LogP contribution in [0.25, 0.3) is 0 Å². The average Bonchev–Trinajstić information content (AvgIpc) is 2.38. The molecule has 0 spiro atoms. The zero-order chi connectivity index (χ0) is 15.8. The Kier molecular flexibility index (Phi) is 6.12. The fourth-order valence-electron chi connectivity index (χ4n) is 1.49. The SMILES string of the molecule is CCOC(=O)C[C@@H](C)NC(=O)Oc1ccc([N+](=O)[O-])cc1. The van der Waals surface area contributed by atoms with Crippen molar-refractivity contribution < 1.29 is 24.0 Å². The van der Waals surface area contributed by atoms with Crippen LogP contribution in [0.4, 0.5) is 10.5 Å². The molecule has 0 saturated heterocycles. The Balaban J connectivity index is 2.46. The van der Waals surface area contributed by atoms with Gasteiger partial charge in [-0.3, -0.25) is 14.9 Å². The first kappa shape index (κ1) is 16.4. The molecule has 1 N–H and O–H groups in total. The molecule has 1 aromatic rings. The third-order valence-corrected chi connectivity index (χ3v) is 2.40. The Morgan fingerprint density at radius 1 is 1.33 bits per heavy atom. The molecule has 0 aliphatic carbocycles. The minimum atomic E-state index is -0.749. The van der Waals surface area contributed by atoms with Crippen molar-refractivity contribution in [2.45, 2.75) is 26.3 Å². The number of non-ortho nitro benzene ring substituents is 1. The zero-order valence-corrected chi connectivity index (χ0v) is 11.7. The number of nitro groups is 1. The van der Waals surface area contributed by atoms with Crippen LogP contribution in [0.3, 0.4) is 0 Å². The number of amides is 1. The van der Waals surface area contributed by atoms with Gasteiger partial charge in [0.05, 0.1) is 18.0 Å². The molecule has 0 saturated carbocycles. The molecule has 8 nitrogen and oxygen atoms in total. The predicted octanol–water partition coefficient (Wildman–Crippen LogP) is 2.02. The molecule has 1 aromatic carbocycles. The molecule has 0 aliphatic heterocycles. The Bertz CT molecular complexity index is 514. The highest BCUT2D eigenvalue weighted by atomic mass is 16.6. The maximum Gasteiger partial charge on any atom is 0.412 e. The molecule has 114 valence electrons. The zero-order valence-electron chi connectivity index (χ0n) is 11.7. The summed E-state index contributed by atoms with van der Waals surface area (Å²) >= 11 is 0. The van der Waals surface area contributed by atoms with Gasteiger partial charge in [0.1, 0.15) is 5.75 Å². The molecule has 0 aromatic heterocycles. The largest absolute Gasteiger partial charge is 0.466 e. The summed E-state index contributed by atoms with van der Waals surface area (Å²) < 4.78 is 9.69. The van der Waals surface area contributed by atoms with Crippen molar-refractivity contribution in [1.82, 2.24) is 5.32 Å². The summed E-state index contributed by atoms with van der Waals surface area (Å²) in [5.74, 6) is -0.248. The van der Waals surface area contributed by atoms with Crippen molar-refractivity contribution in [3.8, 4) is 5.75 Å². The van der Waals surface area contributed by atoms with Gasteiger partial charge in [0, 0.05) is 18.2 Å². The normalized spacial score (nSPS) is 11.3. The number of nitrogens with one attached hydrogen (secondary N) is 1. The molecule has 0 aliphatic rings. The number of rotatable bonds is 6. The fourth-order valence-corrected chi connectivity index (χ4v) is 1.49. The van der Waals surface area contributed by atoms with E-state index >= 15 is 0 Å². The topological polar surface area (TPSA) is 108 Å². The van der Waals surface area contributed by atoms with Crippen molar-refractivity contribution in [3.63, 3.8) is 0 Å². The average molecular weight is 296 g/mol. The Labute approximate surface area is 121 Å². The van der Waals surface area contributed by atoms with E-state index in [2.05, 4.69) is 5.32 Å². The number of hydrogen-bond acceptors (Lipinski definition) is 6. The Morgan fingerprint density at radius 2 is 1.95 bits per heavy atom. The van der Waals surface area contributed by atoms with Crippen LogP contribution in [0, 0.1) is 10.1 Å². The monoisotopic (exact) mass is 296 g/mol. The van der Waals surface area contributed by atoms with E-state index in [9.17, 15) is 19.7 Å². The van der Waals surface area contributed by atoms with E-state index < -0.39 is 23.0 Å². The summed E-state index contributed by atoms with van der Waals surface area (Å²) in [7, 11) is 0. The van der Waals surface area contributed by atoms with E-state index in [1.807, 2.05) is 0 Å². The predicted molar refractivity (Wildman–Crippen MR) is 73.0 cm³/mol. The number of nitrogens with zero attached hydrogens (tertiary/aromatic N) is 1. The molecule has 1 amide bonds. The summed E-state index contributed by atoms with van der Waals surface area (Å²) in [4.78, 5) is 32.7. The van der Waals surface area contributed by atoms with Gasteiger partial charge in [-0.1, -0.05) is 0 Å². The highest BCUT2D eigenvalue weighted by molar-refractivity contribution is 5.73. The van der Waals surface area contributed by atoms with Crippen LogP contribution < -0.4 is 10.1 Å². The minimum Gasteiger partial charge on any atom is -0.466 e. The summed E-state index contributed by atoms with van der Waals surface area (Å²) in [5.41, 5.74) is -0.0987. The highest BCUT2D eigenvalue weighted by Crippen LogP contribution is 2.17. The van der Waals surface area contributed by atoms with Crippen LogP contribution in [0.5, 0.6) is 5.75 Å². The third kappa shape index (κ3) is 5.89. The molecule has 1 rings (SSSR count). The smallest absolute Gasteiger partial charge is 0.412 e. The third-order valence-electron chi connectivity index (χ3n) is 2.40. The first-order valence-corrected chi connectivity index (χ1v) is 6.30. The van der Waals surface area contributed by atoms with Crippen molar-refractivity contribution in [2.75, 3.05) is 6.61 Å². The molecule has 0 radical (unpaired) electrons. The van der Waals surface area contributed by atoms with E-state index in [4.69, 9.17) is 9.47 Å².